The molecule has 0 bridgehead atoms. The second-order valence-electron chi connectivity index (χ2n) is 5.13. The molecule has 1 heterocycles. The van der Waals surface area contributed by atoms with E-state index < -0.39 is 0 Å². The molecule has 21 heavy (non-hydrogen) atoms. The van der Waals surface area contributed by atoms with Crippen LogP contribution < -0.4 is 9.47 Å². The van der Waals surface area contributed by atoms with Crippen molar-refractivity contribution in [3.05, 3.63) is 60.2 Å². The van der Waals surface area contributed by atoms with Gasteiger partial charge in [0.15, 0.2) is 0 Å². The summed E-state index contributed by atoms with van der Waals surface area (Å²) in [5.74, 6) is 1.81. The molecule has 0 saturated carbocycles. The molecule has 3 heteroatoms. The Kier molecular flexibility index (Phi) is 4.20. The second-order valence-corrected chi connectivity index (χ2v) is 5.13. The fourth-order valence-electron chi connectivity index (χ4n) is 2.56. The Labute approximate surface area is 124 Å². The number of ketones is 1. The van der Waals surface area contributed by atoms with Crippen molar-refractivity contribution in [2.75, 3.05) is 13.2 Å². The van der Waals surface area contributed by atoms with Crippen molar-refractivity contribution in [3.8, 4) is 11.5 Å². The molecule has 1 aliphatic heterocycles. The van der Waals surface area contributed by atoms with Gasteiger partial charge in [0.2, 0.25) is 0 Å². The van der Waals surface area contributed by atoms with Gasteiger partial charge in [-0.15, -0.1) is 0 Å². The summed E-state index contributed by atoms with van der Waals surface area (Å²) in [4.78, 5) is 12.3. The van der Waals surface area contributed by atoms with E-state index in [1.165, 1.54) is 0 Å². The molecule has 1 atom stereocenters. The van der Waals surface area contributed by atoms with E-state index in [0.29, 0.717) is 19.6 Å². The average Bonchev–Trinajstić information content (AvgIpc) is 2.96. The van der Waals surface area contributed by atoms with Crippen LogP contribution in [0.2, 0.25) is 0 Å². The number of ether oxygens (including phenoxy) is 2. The highest BCUT2D eigenvalue weighted by atomic mass is 16.5. The highest BCUT2D eigenvalue weighted by molar-refractivity contribution is 5.87. The SMILES string of the molecule is O=C(CCCOc1ccccc1)C1COc2ccccc21. The Hall–Kier alpha value is -2.29. The minimum absolute atomic E-state index is 0.113. The van der Waals surface area contributed by atoms with Crippen LogP contribution in [0, 0.1) is 0 Å². The zero-order valence-electron chi connectivity index (χ0n) is 11.8. The number of hydrogen-bond donors (Lipinski definition) is 0. The maximum absolute atomic E-state index is 12.3. The van der Waals surface area contributed by atoms with E-state index in [9.17, 15) is 4.79 Å². The Morgan fingerprint density at radius 1 is 1.10 bits per heavy atom. The van der Waals surface area contributed by atoms with Crippen LogP contribution in [0.15, 0.2) is 54.6 Å². The Balaban J connectivity index is 1.47. The van der Waals surface area contributed by atoms with E-state index in [1.807, 2.05) is 54.6 Å². The number of Topliss-reactive ketones (excluding diaryl/α,β-unsaturated/α-hetero) is 1. The number of benzene rings is 2. The van der Waals surface area contributed by atoms with Crippen LogP contribution in [0.25, 0.3) is 0 Å². The highest BCUT2D eigenvalue weighted by Gasteiger charge is 2.29. The molecule has 3 rings (SSSR count). The molecule has 0 fully saturated rings. The number of rotatable bonds is 6. The maximum Gasteiger partial charge on any atom is 0.144 e. The summed E-state index contributed by atoms with van der Waals surface area (Å²) < 4.78 is 11.2. The normalized spacial score (nSPS) is 16.1. The summed E-state index contributed by atoms with van der Waals surface area (Å²) in [6, 6.07) is 17.4. The zero-order valence-corrected chi connectivity index (χ0v) is 11.8. The van der Waals surface area contributed by atoms with Crippen molar-refractivity contribution in [1.29, 1.82) is 0 Å². The number of hydrogen-bond acceptors (Lipinski definition) is 3. The lowest BCUT2D eigenvalue weighted by molar-refractivity contribution is -0.120. The molecular formula is C18H18O3. The predicted molar refractivity (Wildman–Crippen MR) is 80.9 cm³/mol. The van der Waals surface area contributed by atoms with Gasteiger partial charge in [0, 0.05) is 12.0 Å². The molecule has 0 N–H and O–H groups in total. The molecule has 2 aromatic carbocycles. The van der Waals surface area contributed by atoms with Gasteiger partial charge in [-0.1, -0.05) is 36.4 Å². The minimum Gasteiger partial charge on any atom is -0.494 e. The molecule has 2 aromatic rings. The molecule has 0 aromatic heterocycles. The van der Waals surface area contributed by atoms with E-state index in [4.69, 9.17) is 9.47 Å². The van der Waals surface area contributed by atoms with Gasteiger partial charge in [0.25, 0.3) is 0 Å². The summed E-state index contributed by atoms with van der Waals surface area (Å²) in [6.45, 7) is 1.03. The van der Waals surface area contributed by atoms with Crippen molar-refractivity contribution in [3.63, 3.8) is 0 Å². The molecule has 0 radical (unpaired) electrons. The maximum atomic E-state index is 12.3. The molecule has 0 spiro atoms. The van der Waals surface area contributed by atoms with Crippen LogP contribution in [0.5, 0.6) is 11.5 Å². The summed E-state index contributed by atoms with van der Waals surface area (Å²) in [6.07, 6.45) is 1.25. The Morgan fingerprint density at radius 2 is 1.86 bits per heavy atom. The van der Waals surface area contributed by atoms with Crippen molar-refractivity contribution in [2.45, 2.75) is 18.8 Å². The summed E-state index contributed by atoms with van der Waals surface area (Å²) in [5, 5.41) is 0. The molecule has 1 unspecified atom stereocenters. The quantitative estimate of drug-likeness (QED) is 0.759. The third-order valence-electron chi connectivity index (χ3n) is 3.67. The van der Waals surface area contributed by atoms with Crippen molar-refractivity contribution in [2.24, 2.45) is 0 Å². The largest absolute Gasteiger partial charge is 0.494 e. The highest BCUT2D eigenvalue weighted by Crippen LogP contribution is 2.34. The summed E-state index contributed by atoms with van der Waals surface area (Å²) in [7, 11) is 0. The third kappa shape index (κ3) is 3.24. The minimum atomic E-state index is -0.113. The van der Waals surface area contributed by atoms with Gasteiger partial charge in [0.05, 0.1) is 12.5 Å². The molecule has 0 saturated heterocycles. The number of carbonyl (C=O) groups is 1. The van der Waals surface area contributed by atoms with E-state index in [2.05, 4.69) is 0 Å². The van der Waals surface area contributed by atoms with Crippen LogP contribution in [-0.2, 0) is 4.79 Å². The molecule has 1 aliphatic rings. The van der Waals surface area contributed by atoms with E-state index in [0.717, 1.165) is 23.5 Å². The number of para-hydroxylation sites is 2. The fraction of sp³-hybridized carbons (Fsp3) is 0.278. The van der Waals surface area contributed by atoms with Gasteiger partial charge in [-0.25, -0.2) is 0 Å². The van der Waals surface area contributed by atoms with Crippen molar-refractivity contribution in [1.82, 2.24) is 0 Å². The monoisotopic (exact) mass is 282 g/mol. The first-order chi connectivity index (χ1) is 10.3. The summed E-state index contributed by atoms with van der Waals surface area (Å²) in [5.41, 5.74) is 1.02. The lowest BCUT2D eigenvalue weighted by atomic mass is 9.94. The Bertz CT molecular complexity index is 607. The lowest BCUT2D eigenvalue weighted by Gasteiger charge is -2.09. The van der Waals surface area contributed by atoms with Crippen LogP contribution in [0.1, 0.15) is 24.3 Å². The predicted octanol–water partition coefficient (Wildman–Crippen LogP) is 3.59. The van der Waals surface area contributed by atoms with Crippen LogP contribution in [0.3, 0.4) is 0 Å². The first-order valence-corrected chi connectivity index (χ1v) is 7.27. The topological polar surface area (TPSA) is 35.5 Å². The van der Waals surface area contributed by atoms with E-state index in [-0.39, 0.29) is 11.7 Å². The van der Waals surface area contributed by atoms with E-state index >= 15 is 0 Å². The fourth-order valence-corrected chi connectivity index (χ4v) is 2.56. The lowest BCUT2D eigenvalue weighted by Crippen LogP contribution is -2.14. The van der Waals surface area contributed by atoms with Crippen molar-refractivity contribution >= 4 is 5.78 Å². The van der Waals surface area contributed by atoms with Gasteiger partial charge < -0.3 is 9.47 Å². The molecule has 3 nitrogen and oxygen atoms in total. The molecular weight excluding hydrogens is 264 g/mol. The average molecular weight is 282 g/mol. The van der Waals surface area contributed by atoms with Crippen molar-refractivity contribution < 1.29 is 14.3 Å². The number of fused-ring (bicyclic) bond motifs is 1. The van der Waals surface area contributed by atoms with Crippen LogP contribution >= 0.6 is 0 Å². The first kappa shape index (κ1) is 13.7. The smallest absolute Gasteiger partial charge is 0.144 e. The second kappa shape index (κ2) is 6.44. The zero-order chi connectivity index (χ0) is 14.5. The third-order valence-corrected chi connectivity index (χ3v) is 3.67. The van der Waals surface area contributed by atoms with E-state index in [1.54, 1.807) is 0 Å². The summed E-state index contributed by atoms with van der Waals surface area (Å²) >= 11 is 0. The molecule has 108 valence electrons. The Morgan fingerprint density at radius 3 is 2.71 bits per heavy atom. The van der Waals surface area contributed by atoms with Gasteiger partial charge in [-0.2, -0.15) is 0 Å². The molecule has 0 aliphatic carbocycles. The molecule has 0 amide bonds. The van der Waals surface area contributed by atoms with Crippen LogP contribution in [0.4, 0.5) is 0 Å². The van der Waals surface area contributed by atoms with Crippen LogP contribution in [-0.4, -0.2) is 19.0 Å². The first-order valence-electron chi connectivity index (χ1n) is 7.27. The standard InChI is InChI=1S/C18H18O3/c19-17(10-6-12-20-14-7-2-1-3-8-14)16-13-21-18-11-5-4-9-15(16)18/h1-5,7-9,11,16H,6,10,12-13H2. The van der Waals surface area contributed by atoms with Gasteiger partial charge in [-0.3, -0.25) is 4.79 Å². The van der Waals surface area contributed by atoms with Gasteiger partial charge in [-0.05, 0) is 24.6 Å². The van der Waals surface area contributed by atoms with Gasteiger partial charge >= 0.3 is 0 Å². The number of carbonyl (C=O) groups excluding carboxylic acids is 1. The van der Waals surface area contributed by atoms with Gasteiger partial charge in [0.1, 0.15) is 23.9 Å².